The van der Waals surface area contributed by atoms with Crippen molar-refractivity contribution in [2.75, 3.05) is 18.4 Å². The van der Waals surface area contributed by atoms with Crippen LogP contribution in [0.2, 0.25) is 0 Å². The third-order valence-electron chi connectivity index (χ3n) is 2.08. The van der Waals surface area contributed by atoms with Gasteiger partial charge in [0, 0.05) is 6.54 Å². The third kappa shape index (κ3) is 5.26. The van der Waals surface area contributed by atoms with Crippen molar-refractivity contribution in [1.82, 2.24) is 10.3 Å². The molecule has 2 amide bonds. The smallest absolute Gasteiger partial charge is 0.319 e. The molecule has 1 aromatic heterocycles. The van der Waals surface area contributed by atoms with Crippen LogP contribution in [0, 0.1) is 0 Å². The van der Waals surface area contributed by atoms with Crippen LogP contribution in [-0.2, 0) is 11.2 Å². The van der Waals surface area contributed by atoms with Gasteiger partial charge in [-0.3, -0.25) is 9.78 Å². The van der Waals surface area contributed by atoms with Gasteiger partial charge in [0.05, 0.1) is 24.0 Å². The van der Waals surface area contributed by atoms with Crippen LogP contribution in [0.25, 0.3) is 0 Å². The highest BCUT2D eigenvalue weighted by molar-refractivity contribution is 5.88. The number of anilines is 1. The zero-order chi connectivity index (χ0) is 13.4. The normalized spacial score (nSPS) is 9.83. The second-order valence-corrected chi connectivity index (χ2v) is 3.63. The first-order valence-electron chi connectivity index (χ1n) is 5.53. The first-order valence-corrected chi connectivity index (χ1v) is 5.53. The summed E-state index contributed by atoms with van der Waals surface area (Å²) in [5, 5.41) is 13.8. The van der Waals surface area contributed by atoms with Gasteiger partial charge in [0.15, 0.2) is 0 Å². The number of nitrogens with zero attached hydrogens (tertiary/aromatic N) is 1. The Hall–Kier alpha value is -2.15. The Morgan fingerprint density at radius 3 is 2.72 bits per heavy atom. The third-order valence-corrected chi connectivity index (χ3v) is 2.08. The fourth-order valence-electron chi connectivity index (χ4n) is 1.24. The summed E-state index contributed by atoms with van der Waals surface area (Å²) in [5.41, 5.74) is 6.24. The maximum Gasteiger partial charge on any atom is 0.319 e. The molecule has 0 saturated carbocycles. The van der Waals surface area contributed by atoms with Crippen molar-refractivity contribution < 1.29 is 14.7 Å². The van der Waals surface area contributed by atoms with Crippen molar-refractivity contribution in [3.05, 3.63) is 24.0 Å². The highest BCUT2D eigenvalue weighted by Crippen LogP contribution is 2.06. The summed E-state index contributed by atoms with van der Waals surface area (Å²) in [7, 11) is 0. The fourth-order valence-corrected chi connectivity index (χ4v) is 1.24. The molecule has 0 aromatic carbocycles. The highest BCUT2D eigenvalue weighted by atomic mass is 16.4. The molecular formula is C11H16N4O3. The molecule has 0 radical (unpaired) electrons. The van der Waals surface area contributed by atoms with Gasteiger partial charge in [0.2, 0.25) is 0 Å². The minimum atomic E-state index is -0.942. The van der Waals surface area contributed by atoms with Gasteiger partial charge in [-0.2, -0.15) is 0 Å². The summed E-state index contributed by atoms with van der Waals surface area (Å²) < 4.78 is 0. The number of carboxylic acids is 1. The first-order chi connectivity index (χ1) is 8.61. The van der Waals surface area contributed by atoms with E-state index >= 15 is 0 Å². The summed E-state index contributed by atoms with van der Waals surface area (Å²) in [6.45, 7) is 1.03. The van der Waals surface area contributed by atoms with Crippen LogP contribution in [0.4, 0.5) is 10.5 Å². The van der Waals surface area contributed by atoms with Gasteiger partial charge < -0.3 is 21.5 Å². The topological polar surface area (TPSA) is 117 Å². The first kappa shape index (κ1) is 13.9. The Bertz CT molecular complexity index is 405. The van der Waals surface area contributed by atoms with Crippen molar-refractivity contribution in [2.24, 2.45) is 5.73 Å². The standard InChI is InChI=1S/C11H16N4O3/c12-4-1-5-13-11(18)15-9-3-2-8(14-7-9)6-10(16)17/h2-3,7H,1,4-6,12H2,(H,16,17)(H2,13,15,18). The van der Waals surface area contributed by atoms with Crippen LogP contribution in [-0.4, -0.2) is 35.2 Å². The lowest BCUT2D eigenvalue weighted by Gasteiger charge is -2.07. The summed E-state index contributed by atoms with van der Waals surface area (Å²) >= 11 is 0. The number of carboxylic acid groups (broad SMARTS) is 1. The predicted molar refractivity (Wildman–Crippen MR) is 66.3 cm³/mol. The summed E-state index contributed by atoms with van der Waals surface area (Å²) in [6.07, 6.45) is 1.99. The molecule has 1 aromatic rings. The second kappa shape index (κ2) is 7.23. The number of aliphatic carboxylic acids is 1. The van der Waals surface area contributed by atoms with E-state index in [2.05, 4.69) is 15.6 Å². The lowest BCUT2D eigenvalue weighted by atomic mass is 10.2. The van der Waals surface area contributed by atoms with E-state index in [1.54, 1.807) is 12.1 Å². The van der Waals surface area contributed by atoms with E-state index in [-0.39, 0.29) is 12.5 Å². The predicted octanol–water partition coefficient (Wildman–Crippen LogP) is 0.179. The van der Waals surface area contributed by atoms with Crippen LogP contribution in [0.15, 0.2) is 18.3 Å². The Morgan fingerprint density at radius 1 is 1.39 bits per heavy atom. The minimum Gasteiger partial charge on any atom is -0.481 e. The monoisotopic (exact) mass is 252 g/mol. The lowest BCUT2D eigenvalue weighted by molar-refractivity contribution is -0.136. The molecule has 0 atom stereocenters. The zero-order valence-corrected chi connectivity index (χ0v) is 9.85. The van der Waals surface area contributed by atoms with E-state index < -0.39 is 5.97 Å². The molecule has 1 heterocycles. The number of pyridine rings is 1. The number of urea groups is 1. The molecule has 0 aliphatic heterocycles. The summed E-state index contributed by atoms with van der Waals surface area (Å²) in [5.74, 6) is -0.942. The molecular weight excluding hydrogens is 236 g/mol. The Morgan fingerprint density at radius 2 is 2.17 bits per heavy atom. The Labute approximate surface area is 104 Å². The van der Waals surface area contributed by atoms with Gasteiger partial charge in [-0.1, -0.05) is 0 Å². The van der Waals surface area contributed by atoms with Crippen LogP contribution >= 0.6 is 0 Å². The van der Waals surface area contributed by atoms with Gasteiger partial charge in [0.25, 0.3) is 0 Å². The molecule has 98 valence electrons. The number of carbonyl (C=O) groups is 2. The van der Waals surface area contributed by atoms with Gasteiger partial charge in [-0.25, -0.2) is 4.79 Å². The number of hydrogen-bond donors (Lipinski definition) is 4. The van der Waals surface area contributed by atoms with E-state index in [0.29, 0.717) is 30.9 Å². The largest absolute Gasteiger partial charge is 0.481 e. The SMILES string of the molecule is NCCCNC(=O)Nc1ccc(CC(=O)O)nc1. The van der Waals surface area contributed by atoms with E-state index in [1.807, 2.05) is 0 Å². The zero-order valence-electron chi connectivity index (χ0n) is 9.85. The van der Waals surface area contributed by atoms with Crippen molar-refractivity contribution in [1.29, 1.82) is 0 Å². The lowest BCUT2D eigenvalue weighted by Crippen LogP contribution is -2.30. The number of rotatable bonds is 6. The van der Waals surface area contributed by atoms with Crippen molar-refractivity contribution in [2.45, 2.75) is 12.8 Å². The number of aromatic nitrogens is 1. The summed E-state index contributed by atoms with van der Waals surface area (Å²) in [6, 6.07) is 2.83. The van der Waals surface area contributed by atoms with E-state index in [1.165, 1.54) is 6.20 Å². The molecule has 0 saturated heterocycles. The fraction of sp³-hybridized carbons (Fsp3) is 0.364. The van der Waals surface area contributed by atoms with Crippen LogP contribution in [0.5, 0.6) is 0 Å². The van der Waals surface area contributed by atoms with Crippen molar-refractivity contribution >= 4 is 17.7 Å². The summed E-state index contributed by atoms with van der Waals surface area (Å²) in [4.78, 5) is 25.7. The van der Waals surface area contributed by atoms with E-state index in [4.69, 9.17) is 10.8 Å². The van der Waals surface area contributed by atoms with Crippen molar-refractivity contribution in [3.8, 4) is 0 Å². The quantitative estimate of drug-likeness (QED) is 0.539. The molecule has 0 aliphatic rings. The van der Waals surface area contributed by atoms with Gasteiger partial charge >= 0.3 is 12.0 Å². The molecule has 7 heteroatoms. The van der Waals surface area contributed by atoms with Gasteiger partial charge in [-0.05, 0) is 25.1 Å². The van der Waals surface area contributed by atoms with Gasteiger partial charge in [-0.15, -0.1) is 0 Å². The molecule has 0 bridgehead atoms. The molecule has 18 heavy (non-hydrogen) atoms. The molecule has 0 unspecified atom stereocenters. The van der Waals surface area contributed by atoms with E-state index in [9.17, 15) is 9.59 Å². The van der Waals surface area contributed by atoms with Crippen molar-refractivity contribution in [3.63, 3.8) is 0 Å². The molecule has 7 nitrogen and oxygen atoms in total. The van der Waals surface area contributed by atoms with Crippen LogP contribution in [0.1, 0.15) is 12.1 Å². The number of amides is 2. The highest BCUT2D eigenvalue weighted by Gasteiger charge is 2.04. The number of hydrogen-bond acceptors (Lipinski definition) is 4. The van der Waals surface area contributed by atoms with Crippen LogP contribution < -0.4 is 16.4 Å². The molecule has 0 fully saturated rings. The molecule has 5 N–H and O–H groups in total. The average molecular weight is 252 g/mol. The molecule has 0 aliphatic carbocycles. The minimum absolute atomic E-state index is 0.136. The number of nitrogens with one attached hydrogen (secondary N) is 2. The average Bonchev–Trinajstić information content (AvgIpc) is 2.31. The second-order valence-electron chi connectivity index (χ2n) is 3.63. The number of carbonyl (C=O) groups excluding carboxylic acids is 1. The molecule has 0 spiro atoms. The maximum absolute atomic E-state index is 11.4. The Kier molecular flexibility index (Phi) is 5.59. The maximum atomic E-state index is 11.4. The van der Waals surface area contributed by atoms with Crippen LogP contribution in [0.3, 0.4) is 0 Å². The van der Waals surface area contributed by atoms with Gasteiger partial charge in [0.1, 0.15) is 0 Å². The number of nitrogens with two attached hydrogens (primary N) is 1. The molecule has 1 rings (SSSR count). The Balaban J connectivity index is 2.43. The van der Waals surface area contributed by atoms with E-state index in [0.717, 1.165) is 0 Å².